The van der Waals surface area contributed by atoms with E-state index in [1.165, 1.54) is 0 Å². The van der Waals surface area contributed by atoms with Crippen molar-refractivity contribution in [1.82, 2.24) is 10.2 Å². The molecule has 1 saturated heterocycles. The lowest BCUT2D eigenvalue weighted by atomic mass is 10.1. The number of rotatable bonds is 6. The van der Waals surface area contributed by atoms with Crippen molar-refractivity contribution in [2.45, 2.75) is 39.3 Å². The number of nitrogens with zero attached hydrogens (tertiary/aromatic N) is 1. The second kappa shape index (κ2) is 7.46. The zero-order valence-corrected chi connectivity index (χ0v) is 13.2. The molecule has 1 heterocycles. The Balaban J connectivity index is 1.72. The van der Waals surface area contributed by atoms with Crippen LogP contribution < -0.4 is 10.1 Å². The molecule has 0 radical (unpaired) electrons. The summed E-state index contributed by atoms with van der Waals surface area (Å²) in [5.74, 6) is 1.24. The van der Waals surface area contributed by atoms with Gasteiger partial charge in [-0.2, -0.15) is 0 Å². The molecule has 2 unspecified atom stereocenters. The lowest BCUT2D eigenvalue weighted by Gasteiger charge is -2.20. The molecule has 4 nitrogen and oxygen atoms in total. The Bertz CT molecular complexity index is 447. The molecule has 1 amide bonds. The second-order valence-electron chi connectivity index (χ2n) is 6.06. The summed E-state index contributed by atoms with van der Waals surface area (Å²) in [5, 5.41) is 3.01. The summed E-state index contributed by atoms with van der Waals surface area (Å²) in [5.41, 5.74) is 0. The fourth-order valence-corrected chi connectivity index (χ4v) is 2.64. The molecule has 0 spiro atoms. The highest BCUT2D eigenvalue weighted by Crippen LogP contribution is 2.17. The molecule has 1 aromatic rings. The van der Waals surface area contributed by atoms with Gasteiger partial charge in [0.05, 0.1) is 0 Å². The van der Waals surface area contributed by atoms with Crippen LogP contribution in [0.1, 0.15) is 27.2 Å². The van der Waals surface area contributed by atoms with Gasteiger partial charge in [0.15, 0.2) is 6.10 Å². The van der Waals surface area contributed by atoms with Crippen LogP contribution in [0.2, 0.25) is 0 Å². The van der Waals surface area contributed by atoms with Gasteiger partial charge < -0.3 is 15.0 Å². The maximum atomic E-state index is 12.1. The number of ether oxygens (including phenoxy) is 1. The molecule has 1 aliphatic heterocycles. The maximum absolute atomic E-state index is 12.1. The molecule has 4 heteroatoms. The highest BCUT2D eigenvalue weighted by atomic mass is 16.5. The van der Waals surface area contributed by atoms with E-state index in [4.69, 9.17) is 4.74 Å². The van der Waals surface area contributed by atoms with Crippen molar-refractivity contribution in [2.24, 2.45) is 5.92 Å². The summed E-state index contributed by atoms with van der Waals surface area (Å²) in [7, 11) is 0. The minimum Gasteiger partial charge on any atom is -0.481 e. The van der Waals surface area contributed by atoms with Crippen LogP contribution in [0.25, 0.3) is 0 Å². The van der Waals surface area contributed by atoms with Crippen LogP contribution in [0.3, 0.4) is 0 Å². The number of amides is 1. The number of hydrogen-bond acceptors (Lipinski definition) is 3. The quantitative estimate of drug-likeness (QED) is 0.874. The van der Waals surface area contributed by atoms with Gasteiger partial charge in [-0.15, -0.1) is 0 Å². The number of nitrogens with one attached hydrogen (secondary N) is 1. The van der Waals surface area contributed by atoms with E-state index in [0.717, 1.165) is 31.8 Å². The number of benzene rings is 1. The highest BCUT2D eigenvalue weighted by Gasteiger charge is 2.25. The summed E-state index contributed by atoms with van der Waals surface area (Å²) in [6.45, 7) is 9.18. The highest BCUT2D eigenvalue weighted by molar-refractivity contribution is 5.80. The topological polar surface area (TPSA) is 41.6 Å². The largest absolute Gasteiger partial charge is 0.481 e. The Labute approximate surface area is 127 Å². The van der Waals surface area contributed by atoms with Crippen LogP contribution in [0, 0.1) is 5.92 Å². The Morgan fingerprint density at radius 1 is 1.33 bits per heavy atom. The first-order valence-corrected chi connectivity index (χ1v) is 7.79. The van der Waals surface area contributed by atoms with Crippen LogP contribution in [-0.4, -0.2) is 42.6 Å². The van der Waals surface area contributed by atoms with E-state index in [0.29, 0.717) is 12.0 Å². The molecule has 0 bridgehead atoms. The van der Waals surface area contributed by atoms with Gasteiger partial charge in [-0.05, 0) is 51.8 Å². The van der Waals surface area contributed by atoms with Gasteiger partial charge in [0.2, 0.25) is 0 Å². The van der Waals surface area contributed by atoms with E-state index < -0.39 is 6.10 Å². The zero-order chi connectivity index (χ0) is 15.2. The number of para-hydroxylation sites is 1. The molecule has 1 N–H and O–H groups in total. The molecule has 1 fully saturated rings. The van der Waals surface area contributed by atoms with E-state index in [1.54, 1.807) is 6.92 Å². The van der Waals surface area contributed by atoms with Crippen LogP contribution >= 0.6 is 0 Å². The van der Waals surface area contributed by atoms with Crippen molar-refractivity contribution < 1.29 is 9.53 Å². The van der Waals surface area contributed by atoms with E-state index >= 15 is 0 Å². The Kier molecular flexibility index (Phi) is 5.62. The van der Waals surface area contributed by atoms with E-state index in [2.05, 4.69) is 24.1 Å². The number of carbonyl (C=O) groups is 1. The van der Waals surface area contributed by atoms with Gasteiger partial charge in [-0.1, -0.05) is 18.2 Å². The molecule has 0 saturated carbocycles. The average Bonchev–Trinajstić information content (AvgIpc) is 2.95. The van der Waals surface area contributed by atoms with Crippen LogP contribution in [0.5, 0.6) is 5.75 Å². The third-order valence-electron chi connectivity index (χ3n) is 4.04. The molecule has 0 aliphatic carbocycles. The van der Waals surface area contributed by atoms with Crippen LogP contribution in [-0.2, 0) is 4.79 Å². The summed E-state index contributed by atoms with van der Waals surface area (Å²) < 4.78 is 5.63. The molecule has 2 atom stereocenters. The van der Waals surface area contributed by atoms with E-state index in [1.807, 2.05) is 30.3 Å². The molecule has 0 aromatic heterocycles. The van der Waals surface area contributed by atoms with Gasteiger partial charge in [0.1, 0.15) is 5.75 Å². The fraction of sp³-hybridized carbons (Fsp3) is 0.588. The van der Waals surface area contributed by atoms with Gasteiger partial charge in [0, 0.05) is 19.1 Å². The normalized spacial score (nSPS) is 20.5. The van der Waals surface area contributed by atoms with Gasteiger partial charge >= 0.3 is 0 Å². The minimum atomic E-state index is -0.463. The lowest BCUT2D eigenvalue weighted by Crippen LogP contribution is -2.39. The van der Waals surface area contributed by atoms with Crippen molar-refractivity contribution in [3.05, 3.63) is 30.3 Å². The summed E-state index contributed by atoms with van der Waals surface area (Å²) in [6, 6.07) is 10.0. The van der Waals surface area contributed by atoms with Crippen LogP contribution in [0.4, 0.5) is 0 Å². The summed E-state index contributed by atoms with van der Waals surface area (Å²) in [6.07, 6.45) is 0.696. The third-order valence-corrected chi connectivity index (χ3v) is 4.04. The first kappa shape index (κ1) is 15.8. The number of carbonyl (C=O) groups excluding carboxylic acids is 1. The molecule has 1 aliphatic rings. The van der Waals surface area contributed by atoms with Crippen molar-refractivity contribution in [3.8, 4) is 5.75 Å². The van der Waals surface area contributed by atoms with Crippen molar-refractivity contribution in [3.63, 3.8) is 0 Å². The average molecular weight is 290 g/mol. The molecule has 21 heavy (non-hydrogen) atoms. The SMILES string of the molecule is CC(Oc1ccccc1)C(=O)NCC1CCN(C(C)C)C1. The summed E-state index contributed by atoms with van der Waals surface area (Å²) >= 11 is 0. The van der Waals surface area contributed by atoms with Crippen molar-refractivity contribution in [1.29, 1.82) is 0 Å². The van der Waals surface area contributed by atoms with Crippen molar-refractivity contribution >= 4 is 5.91 Å². The van der Waals surface area contributed by atoms with Gasteiger partial charge in [0.25, 0.3) is 5.91 Å². The standard InChI is InChI=1S/C17H26N2O2/c1-13(2)19-10-9-15(12-19)11-18-17(20)14(3)21-16-7-5-4-6-8-16/h4-8,13-15H,9-12H2,1-3H3,(H,18,20). The molecular formula is C17H26N2O2. The molecule has 1 aromatic carbocycles. The van der Waals surface area contributed by atoms with E-state index in [9.17, 15) is 4.79 Å². The van der Waals surface area contributed by atoms with Gasteiger partial charge in [-0.25, -0.2) is 0 Å². The third kappa shape index (κ3) is 4.74. The lowest BCUT2D eigenvalue weighted by molar-refractivity contribution is -0.127. The summed E-state index contributed by atoms with van der Waals surface area (Å²) in [4.78, 5) is 14.5. The predicted molar refractivity (Wildman–Crippen MR) is 84.4 cm³/mol. The predicted octanol–water partition coefficient (Wildman–Crippen LogP) is 2.30. The number of likely N-dealkylation sites (tertiary alicyclic amines) is 1. The Morgan fingerprint density at radius 3 is 2.67 bits per heavy atom. The second-order valence-corrected chi connectivity index (χ2v) is 6.06. The fourth-order valence-electron chi connectivity index (χ4n) is 2.64. The smallest absolute Gasteiger partial charge is 0.260 e. The Hall–Kier alpha value is -1.55. The first-order valence-electron chi connectivity index (χ1n) is 7.79. The minimum absolute atomic E-state index is 0.0400. The molecule has 116 valence electrons. The van der Waals surface area contributed by atoms with E-state index in [-0.39, 0.29) is 5.91 Å². The van der Waals surface area contributed by atoms with Crippen LogP contribution in [0.15, 0.2) is 30.3 Å². The molecule has 2 rings (SSSR count). The Morgan fingerprint density at radius 2 is 2.05 bits per heavy atom. The monoisotopic (exact) mass is 290 g/mol. The zero-order valence-electron chi connectivity index (χ0n) is 13.2. The van der Waals surface area contributed by atoms with Crippen molar-refractivity contribution in [2.75, 3.05) is 19.6 Å². The van der Waals surface area contributed by atoms with Gasteiger partial charge in [-0.3, -0.25) is 4.79 Å². The molecular weight excluding hydrogens is 264 g/mol. The first-order chi connectivity index (χ1) is 10.1. The maximum Gasteiger partial charge on any atom is 0.260 e. The number of hydrogen-bond donors (Lipinski definition) is 1.